The van der Waals surface area contributed by atoms with E-state index >= 15 is 0 Å². The minimum atomic E-state index is 0.562. The Morgan fingerprint density at radius 1 is 1.50 bits per heavy atom. The molecule has 0 radical (unpaired) electrons. The van der Waals surface area contributed by atoms with E-state index in [0.717, 1.165) is 37.9 Å². The third kappa shape index (κ3) is 2.14. The number of rotatable bonds is 4. The van der Waals surface area contributed by atoms with E-state index in [2.05, 4.69) is 27.1 Å². The molecule has 1 N–H and O–H groups in total. The third-order valence-corrected chi connectivity index (χ3v) is 3.77. The van der Waals surface area contributed by atoms with Gasteiger partial charge in [0.25, 0.3) is 0 Å². The van der Waals surface area contributed by atoms with Crippen molar-refractivity contribution >= 4 is 5.95 Å². The van der Waals surface area contributed by atoms with Crippen molar-refractivity contribution in [1.29, 1.82) is 0 Å². The molecule has 0 aliphatic carbocycles. The number of fused-ring (bicyclic) bond motifs is 1. The Labute approximate surface area is 108 Å². The number of hydrogen-bond donors (Lipinski definition) is 1. The standard InChI is InChI=1S/C13H20N4O/c1-2-7-18-12-3-5-15-13(16-12)17-6-4-10-8-14-9-11(10)17/h3,5,10-11,14H,2,4,6-9H2,1H3/t10-,11+/m0/s1. The first kappa shape index (κ1) is 11.7. The van der Waals surface area contributed by atoms with Crippen LogP contribution < -0.4 is 15.0 Å². The number of hydrogen-bond acceptors (Lipinski definition) is 5. The summed E-state index contributed by atoms with van der Waals surface area (Å²) in [6.45, 7) is 6.05. The van der Waals surface area contributed by atoms with Gasteiger partial charge in [-0.1, -0.05) is 6.92 Å². The van der Waals surface area contributed by atoms with E-state index in [9.17, 15) is 0 Å². The molecule has 2 fully saturated rings. The average Bonchev–Trinajstić information content (AvgIpc) is 2.99. The molecule has 18 heavy (non-hydrogen) atoms. The van der Waals surface area contributed by atoms with Gasteiger partial charge in [0.15, 0.2) is 0 Å². The van der Waals surface area contributed by atoms with Crippen LogP contribution in [0.2, 0.25) is 0 Å². The van der Waals surface area contributed by atoms with Gasteiger partial charge in [0, 0.05) is 37.9 Å². The smallest absolute Gasteiger partial charge is 0.228 e. The molecule has 2 saturated heterocycles. The Hall–Kier alpha value is -1.36. The molecule has 0 aromatic carbocycles. The highest BCUT2D eigenvalue weighted by Gasteiger charge is 2.38. The Morgan fingerprint density at radius 3 is 3.33 bits per heavy atom. The average molecular weight is 248 g/mol. The maximum absolute atomic E-state index is 5.57. The van der Waals surface area contributed by atoms with Gasteiger partial charge in [-0.05, 0) is 18.8 Å². The highest BCUT2D eigenvalue weighted by molar-refractivity contribution is 5.37. The lowest BCUT2D eigenvalue weighted by atomic mass is 10.1. The predicted molar refractivity (Wildman–Crippen MR) is 69.9 cm³/mol. The van der Waals surface area contributed by atoms with Crippen molar-refractivity contribution in [2.75, 3.05) is 31.1 Å². The van der Waals surface area contributed by atoms with Crippen molar-refractivity contribution in [3.05, 3.63) is 12.3 Å². The Bertz CT molecular complexity index is 412. The minimum absolute atomic E-state index is 0.562. The van der Waals surface area contributed by atoms with E-state index in [1.807, 2.05) is 6.07 Å². The van der Waals surface area contributed by atoms with Gasteiger partial charge >= 0.3 is 0 Å². The lowest BCUT2D eigenvalue weighted by Gasteiger charge is -2.23. The summed E-state index contributed by atoms with van der Waals surface area (Å²) in [5, 5.41) is 3.44. The zero-order valence-electron chi connectivity index (χ0n) is 10.8. The number of nitrogens with zero attached hydrogens (tertiary/aromatic N) is 3. The molecule has 1 aromatic rings. The van der Waals surface area contributed by atoms with Crippen LogP contribution in [0, 0.1) is 5.92 Å². The summed E-state index contributed by atoms with van der Waals surface area (Å²) in [6, 6.07) is 2.39. The first-order valence-corrected chi connectivity index (χ1v) is 6.81. The van der Waals surface area contributed by atoms with E-state index < -0.39 is 0 Å². The quantitative estimate of drug-likeness (QED) is 0.863. The van der Waals surface area contributed by atoms with Crippen molar-refractivity contribution in [3.8, 4) is 5.88 Å². The molecule has 1 aromatic heterocycles. The molecule has 0 bridgehead atoms. The molecule has 2 aliphatic heterocycles. The zero-order chi connectivity index (χ0) is 12.4. The summed E-state index contributed by atoms with van der Waals surface area (Å²) in [4.78, 5) is 11.2. The molecule has 0 unspecified atom stereocenters. The first-order valence-electron chi connectivity index (χ1n) is 6.81. The van der Waals surface area contributed by atoms with Crippen molar-refractivity contribution in [1.82, 2.24) is 15.3 Å². The van der Waals surface area contributed by atoms with Crippen LogP contribution in [0.3, 0.4) is 0 Å². The fourth-order valence-electron chi connectivity index (χ4n) is 2.86. The lowest BCUT2D eigenvalue weighted by Crippen LogP contribution is -2.35. The molecule has 98 valence electrons. The highest BCUT2D eigenvalue weighted by Crippen LogP contribution is 2.30. The van der Waals surface area contributed by atoms with Crippen molar-refractivity contribution < 1.29 is 4.74 Å². The normalized spacial score (nSPS) is 26.4. The third-order valence-electron chi connectivity index (χ3n) is 3.77. The zero-order valence-corrected chi connectivity index (χ0v) is 10.8. The second-order valence-corrected chi connectivity index (χ2v) is 5.01. The van der Waals surface area contributed by atoms with Crippen LogP contribution >= 0.6 is 0 Å². The summed E-state index contributed by atoms with van der Waals surface area (Å²) < 4.78 is 5.57. The lowest BCUT2D eigenvalue weighted by molar-refractivity contribution is 0.304. The molecule has 2 aliphatic rings. The minimum Gasteiger partial charge on any atom is -0.478 e. The maximum atomic E-state index is 5.57. The second-order valence-electron chi connectivity index (χ2n) is 5.01. The molecule has 3 heterocycles. The van der Waals surface area contributed by atoms with Gasteiger partial charge in [-0.15, -0.1) is 0 Å². The summed E-state index contributed by atoms with van der Waals surface area (Å²) >= 11 is 0. The summed E-state index contributed by atoms with van der Waals surface area (Å²) in [5.74, 6) is 2.27. The summed E-state index contributed by atoms with van der Waals surface area (Å²) in [6.07, 6.45) is 4.03. The van der Waals surface area contributed by atoms with Crippen molar-refractivity contribution in [2.24, 2.45) is 5.92 Å². The first-order chi connectivity index (χ1) is 8.88. The number of ether oxygens (including phenoxy) is 1. The fraction of sp³-hybridized carbons (Fsp3) is 0.692. The van der Waals surface area contributed by atoms with Gasteiger partial charge in [0.05, 0.1) is 6.61 Å². The van der Waals surface area contributed by atoms with Crippen LogP contribution in [0.5, 0.6) is 5.88 Å². The number of nitrogens with one attached hydrogen (secondary N) is 1. The van der Waals surface area contributed by atoms with Crippen LogP contribution in [0.15, 0.2) is 12.3 Å². The SMILES string of the molecule is CCCOc1ccnc(N2CC[C@H]3CNC[C@H]32)n1. The van der Waals surface area contributed by atoms with Crippen LogP contribution in [-0.4, -0.2) is 42.3 Å². The van der Waals surface area contributed by atoms with E-state index in [0.29, 0.717) is 18.5 Å². The van der Waals surface area contributed by atoms with E-state index in [-0.39, 0.29) is 0 Å². The van der Waals surface area contributed by atoms with Crippen LogP contribution in [0.25, 0.3) is 0 Å². The van der Waals surface area contributed by atoms with Crippen molar-refractivity contribution in [3.63, 3.8) is 0 Å². The summed E-state index contributed by atoms with van der Waals surface area (Å²) in [7, 11) is 0. The molecule has 0 amide bonds. The molecule has 0 saturated carbocycles. The molecule has 5 heteroatoms. The molecule has 0 spiro atoms. The largest absolute Gasteiger partial charge is 0.478 e. The van der Waals surface area contributed by atoms with Gasteiger partial charge in [0.2, 0.25) is 11.8 Å². The van der Waals surface area contributed by atoms with E-state index in [1.165, 1.54) is 6.42 Å². The van der Waals surface area contributed by atoms with Gasteiger partial charge < -0.3 is 15.0 Å². The number of anilines is 1. The monoisotopic (exact) mass is 248 g/mol. The molecular weight excluding hydrogens is 228 g/mol. The van der Waals surface area contributed by atoms with Crippen LogP contribution in [0.4, 0.5) is 5.95 Å². The highest BCUT2D eigenvalue weighted by atomic mass is 16.5. The maximum Gasteiger partial charge on any atom is 0.228 e. The summed E-state index contributed by atoms with van der Waals surface area (Å²) in [5.41, 5.74) is 0. The Balaban J connectivity index is 1.75. The van der Waals surface area contributed by atoms with Crippen LogP contribution in [-0.2, 0) is 0 Å². The van der Waals surface area contributed by atoms with Gasteiger partial charge in [0.1, 0.15) is 0 Å². The Morgan fingerprint density at radius 2 is 2.44 bits per heavy atom. The second kappa shape index (κ2) is 5.10. The van der Waals surface area contributed by atoms with Gasteiger partial charge in [-0.2, -0.15) is 4.98 Å². The Kier molecular flexibility index (Phi) is 3.32. The topological polar surface area (TPSA) is 50.3 Å². The molecular formula is C13H20N4O. The molecule has 3 rings (SSSR count). The van der Waals surface area contributed by atoms with Crippen LogP contribution in [0.1, 0.15) is 19.8 Å². The molecule has 5 nitrogen and oxygen atoms in total. The van der Waals surface area contributed by atoms with Crippen molar-refractivity contribution in [2.45, 2.75) is 25.8 Å². The van der Waals surface area contributed by atoms with Gasteiger partial charge in [-0.3, -0.25) is 0 Å². The van der Waals surface area contributed by atoms with E-state index in [4.69, 9.17) is 4.74 Å². The van der Waals surface area contributed by atoms with Gasteiger partial charge in [-0.25, -0.2) is 4.98 Å². The predicted octanol–water partition coefficient (Wildman–Crippen LogP) is 1.06. The number of aromatic nitrogens is 2. The van der Waals surface area contributed by atoms with E-state index in [1.54, 1.807) is 6.20 Å². The molecule has 2 atom stereocenters. The fourth-order valence-corrected chi connectivity index (χ4v) is 2.86.